The molecule has 126 valence electrons. The Morgan fingerprint density at radius 1 is 1.12 bits per heavy atom. The van der Waals surface area contributed by atoms with E-state index in [0.29, 0.717) is 28.4 Å². The Morgan fingerprint density at radius 2 is 1.84 bits per heavy atom. The zero-order valence-corrected chi connectivity index (χ0v) is 13.8. The van der Waals surface area contributed by atoms with Crippen molar-refractivity contribution in [3.63, 3.8) is 0 Å². The molecule has 0 radical (unpaired) electrons. The van der Waals surface area contributed by atoms with Crippen LogP contribution in [0.4, 0.5) is 11.5 Å². The first kappa shape index (κ1) is 16.5. The molecule has 0 saturated carbocycles. The lowest BCUT2D eigenvalue weighted by atomic mass is 10.1. The smallest absolute Gasteiger partial charge is 0.309 e. The Bertz CT molecular complexity index is 987. The summed E-state index contributed by atoms with van der Waals surface area (Å²) in [5.41, 5.74) is 3.11. The number of aliphatic carboxylic acids is 1. The molecule has 7 nitrogen and oxygen atoms in total. The minimum Gasteiger partial charge on any atom is -0.481 e. The van der Waals surface area contributed by atoms with E-state index in [2.05, 4.69) is 15.2 Å². The summed E-state index contributed by atoms with van der Waals surface area (Å²) in [6, 6.07) is 10.4. The molecule has 0 bridgehead atoms. The number of hydrogen-bond donors (Lipinski definition) is 1. The third kappa shape index (κ3) is 3.60. The van der Waals surface area contributed by atoms with Crippen molar-refractivity contribution >= 4 is 28.9 Å². The van der Waals surface area contributed by atoms with Crippen molar-refractivity contribution in [2.24, 2.45) is 10.2 Å². The molecule has 7 heteroatoms. The predicted octanol–water partition coefficient (Wildman–Crippen LogP) is 3.89. The van der Waals surface area contributed by atoms with Crippen LogP contribution in [0.1, 0.15) is 28.5 Å². The van der Waals surface area contributed by atoms with Gasteiger partial charge in [0, 0.05) is 11.8 Å². The van der Waals surface area contributed by atoms with E-state index in [1.165, 1.54) is 6.92 Å². The number of carboxylic acid groups (broad SMARTS) is 1. The molecule has 3 aromatic rings. The number of carboxylic acids is 1. The van der Waals surface area contributed by atoms with Gasteiger partial charge in [-0.3, -0.25) is 14.0 Å². The Hall–Kier alpha value is -3.35. The average molecular weight is 336 g/mol. The van der Waals surface area contributed by atoms with Gasteiger partial charge in [-0.2, -0.15) is 0 Å². The molecule has 2 aromatic heterocycles. The Morgan fingerprint density at radius 3 is 2.48 bits per heavy atom. The van der Waals surface area contributed by atoms with Crippen LogP contribution >= 0.6 is 0 Å². The molecule has 0 amide bonds. The molecule has 25 heavy (non-hydrogen) atoms. The van der Waals surface area contributed by atoms with Crippen LogP contribution in [-0.2, 0) is 11.2 Å². The van der Waals surface area contributed by atoms with Crippen LogP contribution in [0.5, 0.6) is 0 Å². The van der Waals surface area contributed by atoms with E-state index in [-0.39, 0.29) is 12.2 Å². The lowest BCUT2D eigenvalue weighted by Gasteiger charge is -1.99. The van der Waals surface area contributed by atoms with Gasteiger partial charge in [-0.05, 0) is 49.7 Å². The molecule has 0 spiro atoms. The molecule has 0 fully saturated rings. The molecule has 0 aliphatic heterocycles. The van der Waals surface area contributed by atoms with Crippen molar-refractivity contribution in [2.75, 3.05) is 0 Å². The number of aromatic nitrogens is 2. The summed E-state index contributed by atoms with van der Waals surface area (Å²) in [4.78, 5) is 26.7. The minimum absolute atomic E-state index is 0.0236. The van der Waals surface area contributed by atoms with Crippen LogP contribution in [0.2, 0.25) is 0 Å². The zero-order valence-electron chi connectivity index (χ0n) is 13.8. The highest BCUT2D eigenvalue weighted by Crippen LogP contribution is 2.25. The van der Waals surface area contributed by atoms with Gasteiger partial charge < -0.3 is 5.11 Å². The summed E-state index contributed by atoms with van der Waals surface area (Å²) in [7, 11) is 0. The third-order valence-corrected chi connectivity index (χ3v) is 3.66. The second kappa shape index (κ2) is 6.64. The molecule has 0 atom stereocenters. The Labute approximate surface area is 143 Å². The lowest BCUT2D eigenvalue weighted by molar-refractivity contribution is -0.136. The number of nitrogens with zero attached hydrogens (tertiary/aromatic N) is 4. The number of Topliss-reactive ketones (excluding diaryl/α,β-unsaturated/α-hetero) is 1. The lowest BCUT2D eigenvalue weighted by Crippen LogP contribution is -2.00. The number of fused-ring (bicyclic) bond motifs is 1. The fourth-order valence-electron chi connectivity index (χ4n) is 2.42. The van der Waals surface area contributed by atoms with Gasteiger partial charge in [-0.15, -0.1) is 10.2 Å². The van der Waals surface area contributed by atoms with E-state index in [1.807, 2.05) is 19.2 Å². The quantitative estimate of drug-likeness (QED) is 0.564. The van der Waals surface area contributed by atoms with Gasteiger partial charge >= 0.3 is 5.97 Å². The highest BCUT2D eigenvalue weighted by molar-refractivity contribution is 5.94. The van der Waals surface area contributed by atoms with Crippen LogP contribution in [0.25, 0.3) is 5.65 Å². The van der Waals surface area contributed by atoms with E-state index in [9.17, 15) is 9.59 Å². The number of ketones is 1. The Kier molecular flexibility index (Phi) is 4.38. The standard InChI is InChI=1S/C18H16N4O3/c1-11-3-8-16-19-15(9-17(24)25)18(22(16)10-11)21-20-14-6-4-13(5-7-14)12(2)23/h3-8,10H,9H2,1-2H3,(H,24,25). The van der Waals surface area contributed by atoms with Gasteiger partial charge in [0.2, 0.25) is 0 Å². The van der Waals surface area contributed by atoms with E-state index in [0.717, 1.165) is 5.56 Å². The highest BCUT2D eigenvalue weighted by Gasteiger charge is 2.15. The van der Waals surface area contributed by atoms with E-state index < -0.39 is 5.97 Å². The highest BCUT2D eigenvalue weighted by atomic mass is 16.4. The molecule has 1 N–H and O–H groups in total. The predicted molar refractivity (Wildman–Crippen MR) is 91.9 cm³/mol. The maximum Gasteiger partial charge on any atom is 0.309 e. The fourth-order valence-corrected chi connectivity index (χ4v) is 2.42. The number of carbonyl (C=O) groups excluding carboxylic acids is 1. The second-order valence-electron chi connectivity index (χ2n) is 5.69. The topological polar surface area (TPSA) is 96.4 Å². The molecule has 0 aliphatic carbocycles. The summed E-state index contributed by atoms with van der Waals surface area (Å²) in [5.74, 6) is -0.622. The summed E-state index contributed by atoms with van der Waals surface area (Å²) in [5, 5.41) is 17.5. The first-order valence-electron chi connectivity index (χ1n) is 7.66. The minimum atomic E-state index is -0.984. The van der Waals surface area contributed by atoms with Crippen LogP contribution in [-0.4, -0.2) is 26.2 Å². The number of pyridine rings is 1. The summed E-state index contributed by atoms with van der Waals surface area (Å²) < 4.78 is 1.72. The zero-order chi connectivity index (χ0) is 18.0. The van der Waals surface area contributed by atoms with Gasteiger partial charge in [0.15, 0.2) is 11.6 Å². The SMILES string of the molecule is CC(=O)c1ccc(N=Nc2c(CC(=O)O)nc3ccc(C)cn23)cc1. The van der Waals surface area contributed by atoms with E-state index in [1.54, 1.807) is 34.7 Å². The first-order chi connectivity index (χ1) is 11.9. The number of hydrogen-bond acceptors (Lipinski definition) is 5. The number of rotatable bonds is 5. The molecule has 1 aromatic carbocycles. The van der Waals surface area contributed by atoms with E-state index in [4.69, 9.17) is 5.11 Å². The van der Waals surface area contributed by atoms with Crippen molar-refractivity contribution in [3.05, 3.63) is 59.4 Å². The second-order valence-corrected chi connectivity index (χ2v) is 5.69. The van der Waals surface area contributed by atoms with Gasteiger partial charge in [-0.25, -0.2) is 4.98 Å². The molecule has 0 saturated heterocycles. The first-order valence-corrected chi connectivity index (χ1v) is 7.66. The number of azo groups is 1. The summed E-state index contributed by atoms with van der Waals surface area (Å²) >= 11 is 0. The van der Waals surface area contributed by atoms with Gasteiger partial charge in [-0.1, -0.05) is 6.07 Å². The van der Waals surface area contributed by atoms with E-state index >= 15 is 0 Å². The van der Waals surface area contributed by atoms with Crippen LogP contribution in [0.3, 0.4) is 0 Å². The number of imidazole rings is 1. The van der Waals surface area contributed by atoms with Crippen LogP contribution in [0, 0.1) is 6.92 Å². The maximum atomic E-state index is 11.3. The van der Waals surface area contributed by atoms with Crippen LogP contribution in [0.15, 0.2) is 52.8 Å². The average Bonchev–Trinajstić information content (AvgIpc) is 2.89. The molecular weight excluding hydrogens is 320 g/mol. The summed E-state index contributed by atoms with van der Waals surface area (Å²) in [6.07, 6.45) is 1.60. The third-order valence-electron chi connectivity index (χ3n) is 3.66. The largest absolute Gasteiger partial charge is 0.481 e. The molecule has 2 heterocycles. The molecular formula is C18H16N4O3. The molecule has 3 rings (SSSR count). The van der Waals surface area contributed by atoms with Crippen molar-refractivity contribution < 1.29 is 14.7 Å². The maximum absolute atomic E-state index is 11.3. The van der Waals surface area contributed by atoms with Crippen LogP contribution < -0.4 is 0 Å². The monoisotopic (exact) mass is 336 g/mol. The fraction of sp³-hybridized carbons (Fsp3) is 0.167. The number of carbonyl (C=O) groups is 2. The normalized spacial score (nSPS) is 11.3. The summed E-state index contributed by atoms with van der Waals surface area (Å²) in [6.45, 7) is 3.42. The van der Waals surface area contributed by atoms with Gasteiger partial charge in [0.1, 0.15) is 5.65 Å². The molecule has 0 unspecified atom stereocenters. The van der Waals surface area contributed by atoms with Crippen molar-refractivity contribution in [2.45, 2.75) is 20.3 Å². The van der Waals surface area contributed by atoms with Gasteiger partial charge in [0.05, 0.1) is 17.8 Å². The van der Waals surface area contributed by atoms with Crippen molar-refractivity contribution in [1.29, 1.82) is 0 Å². The molecule has 0 aliphatic rings. The van der Waals surface area contributed by atoms with Crippen molar-refractivity contribution in [3.8, 4) is 0 Å². The number of aryl methyl sites for hydroxylation is 1. The Balaban J connectivity index is 2.02. The van der Waals surface area contributed by atoms with Gasteiger partial charge in [0.25, 0.3) is 0 Å². The number of benzene rings is 1. The van der Waals surface area contributed by atoms with Crippen molar-refractivity contribution in [1.82, 2.24) is 9.38 Å².